The van der Waals surface area contributed by atoms with Crippen LogP contribution >= 0.6 is 0 Å². The van der Waals surface area contributed by atoms with E-state index >= 15 is 0 Å². The average Bonchev–Trinajstić information content (AvgIpc) is 2.79. The minimum Gasteiger partial charge on any atom is -0.504 e. The average molecular weight is 275 g/mol. The van der Waals surface area contributed by atoms with Gasteiger partial charge in [0.1, 0.15) is 0 Å². The number of aromatic amines is 1. The number of benzene rings is 1. The number of phenolic OH excluding ortho intramolecular Hbond substituents is 2. The zero-order valence-electron chi connectivity index (χ0n) is 10.6. The molecule has 1 aromatic carbocycles. The van der Waals surface area contributed by atoms with Gasteiger partial charge >= 0.3 is 0 Å². The first kappa shape index (κ1) is 13.6. The van der Waals surface area contributed by atoms with Crippen molar-refractivity contribution < 1.29 is 20.1 Å². The van der Waals surface area contributed by atoms with Gasteiger partial charge in [-0.25, -0.2) is 0 Å². The van der Waals surface area contributed by atoms with Gasteiger partial charge in [0.05, 0.1) is 16.6 Å². The molecule has 1 amide bonds. The summed E-state index contributed by atoms with van der Waals surface area (Å²) < 4.78 is 0. The number of aromatic hydroxyl groups is 2. The van der Waals surface area contributed by atoms with Crippen LogP contribution in [0.2, 0.25) is 0 Å². The van der Waals surface area contributed by atoms with Gasteiger partial charge in [-0.05, 0) is 6.07 Å². The van der Waals surface area contributed by atoms with Crippen LogP contribution in [-0.2, 0) is 0 Å². The van der Waals surface area contributed by atoms with E-state index in [1.165, 1.54) is 18.3 Å². The summed E-state index contributed by atoms with van der Waals surface area (Å²) in [7, 11) is 1.00. The molecule has 0 radical (unpaired) electrons. The number of aliphatic hydroxyl groups is 1. The fraction of sp³-hybridized carbons (Fsp3) is 0.0769. The monoisotopic (exact) mass is 275 g/mol. The molecule has 2 aromatic heterocycles. The van der Waals surface area contributed by atoms with Gasteiger partial charge < -0.3 is 26.0 Å². The van der Waals surface area contributed by atoms with Crippen molar-refractivity contribution in [1.82, 2.24) is 9.97 Å². The lowest BCUT2D eigenvalue weighted by atomic mass is 10.1. The topological polar surface area (TPSA) is 132 Å². The Kier molecular flexibility index (Phi) is 3.45. The SMILES string of the molecule is CO.NC(=O)c1cncc2c1[nH]c1cc(O)c(O)cc12. The maximum absolute atomic E-state index is 11.3. The van der Waals surface area contributed by atoms with E-state index in [2.05, 4.69) is 9.97 Å². The Bertz CT molecular complexity index is 795. The Morgan fingerprint density at radius 1 is 1.15 bits per heavy atom. The van der Waals surface area contributed by atoms with Gasteiger partial charge in [-0.15, -0.1) is 0 Å². The van der Waals surface area contributed by atoms with Crippen molar-refractivity contribution >= 4 is 27.7 Å². The number of hydrogen-bond donors (Lipinski definition) is 5. The summed E-state index contributed by atoms with van der Waals surface area (Å²) in [6.45, 7) is 0. The third-order valence-electron chi connectivity index (χ3n) is 2.88. The molecular weight excluding hydrogens is 262 g/mol. The predicted octanol–water partition coefficient (Wildman–Crippen LogP) is 0.835. The molecule has 0 bridgehead atoms. The molecule has 0 fully saturated rings. The standard InChI is InChI=1S/C12H9N3O3.CH4O/c13-12(18)7-4-14-3-6-5-1-9(16)10(17)2-8(5)15-11(6)7;1-2/h1-4,15-17H,(H2,13,18);2H,1H3. The number of nitrogens with one attached hydrogen (secondary N) is 1. The minimum absolute atomic E-state index is 0.229. The number of phenols is 2. The van der Waals surface area contributed by atoms with Crippen LogP contribution in [0.25, 0.3) is 21.8 Å². The number of nitrogens with zero attached hydrogens (tertiary/aromatic N) is 1. The first-order chi connectivity index (χ1) is 9.58. The summed E-state index contributed by atoms with van der Waals surface area (Å²) in [4.78, 5) is 18.2. The number of pyridine rings is 1. The summed E-state index contributed by atoms with van der Waals surface area (Å²) in [5.74, 6) is -1.05. The molecule has 2 heterocycles. The molecule has 0 aliphatic rings. The van der Waals surface area contributed by atoms with E-state index in [4.69, 9.17) is 10.8 Å². The van der Waals surface area contributed by atoms with Gasteiger partial charge in [0.25, 0.3) is 5.91 Å². The third-order valence-corrected chi connectivity index (χ3v) is 2.88. The first-order valence-electron chi connectivity index (χ1n) is 5.64. The van der Waals surface area contributed by atoms with Crippen LogP contribution in [0.4, 0.5) is 0 Å². The quantitative estimate of drug-likeness (QED) is 0.420. The van der Waals surface area contributed by atoms with E-state index < -0.39 is 5.91 Å². The highest BCUT2D eigenvalue weighted by molar-refractivity contribution is 6.14. The maximum Gasteiger partial charge on any atom is 0.252 e. The van der Waals surface area contributed by atoms with Gasteiger partial charge in [-0.3, -0.25) is 9.78 Å². The van der Waals surface area contributed by atoms with E-state index in [0.717, 1.165) is 7.11 Å². The van der Waals surface area contributed by atoms with Crippen LogP contribution in [0.1, 0.15) is 10.4 Å². The molecule has 0 saturated carbocycles. The van der Waals surface area contributed by atoms with E-state index in [-0.39, 0.29) is 17.1 Å². The normalized spacial score (nSPS) is 10.3. The molecule has 20 heavy (non-hydrogen) atoms. The van der Waals surface area contributed by atoms with Crippen molar-refractivity contribution in [3.8, 4) is 11.5 Å². The van der Waals surface area contributed by atoms with Crippen LogP contribution in [0.3, 0.4) is 0 Å². The minimum atomic E-state index is -0.590. The van der Waals surface area contributed by atoms with Crippen molar-refractivity contribution in [2.45, 2.75) is 0 Å². The lowest BCUT2D eigenvalue weighted by Crippen LogP contribution is -2.11. The van der Waals surface area contributed by atoms with E-state index in [0.29, 0.717) is 21.8 Å². The predicted molar refractivity (Wildman–Crippen MR) is 73.6 cm³/mol. The zero-order valence-corrected chi connectivity index (χ0v) is 10.6. The Morgan fingerprint density at radius 3 is 2.45 bits per heavy atom. The van der Waals surface area contributed by atoms with Crippen LogP contribution in [0.5, 0.6) is 11.5 Å². The molecule has 104 valence electrons. The number of amides is 1. The van der Waals surface area contributed by atoms with E-state index in [9.17, 15) is 15.0 Å². The van der Waals surface area contributed by atoms with Crippen molar-refractivity contribution in [2.75, 3.05) is 7.11 Å². The number of carbonyl (C=O) groups excluding carboxylic acids is 1. The number of H-pyrrole nitrogens is 1. The second-order valence-electron chi connectivity index (χ2n) is 3.99. The number of primary amides is 1. The lowest BCUT2D eigenvalue weighted by Gasteiger charge is -1.97. The summed E-state index contributed by atoms with van der Waals surface area (Å²) in [5.41, 5.74) is 6.66. The lowest BCUT2D eigenvalue weighted by molar-refractivity contribution is 0.100. The Hall–Kier alpha value is -2.80. The largest absolute Gasteiger partial charge is 0.504 e. The van der Waals surface area contributed by atoms with Crippen LogP contribution in [0, 0.1) is 0 Å². The maximum atomic E-state index is 11.3. The molecule has 3 aromatic rings. The van der Waals surface area contributed by atoms with Gasteiger partial charge in [0.2, 0.25) is 0 Å². The van der Waals surface area contributed by atoms with Crippen LogP contribution in [-0.4, -0.2) is 38.3 Å². The number of fused-ring (bicyclic) bond motifs is 3. The molecule has 7 heteroatoms. The molecule has 0 saturated heterocycles. The van der Waals surface area contributed by atoms with E-state index in [1.807, 2.05) is 0 Å². The molecule has 7 nitrogen and oxygen atoms in total. The molecule has 0 spiro atoms. The van der Waals surface area contributed by atoms with Gasteiger partial charge in [0.15, 0.2) is 11.5 Å². The number of hydrogen-bond acceptors (Lipinski definition) is 5. The first-order valence-corrected chi connectivity index (χ1v) is 5.64. The second kappa shape index (κ2) is 5.06. The number of nitrogens with two attached hydrogens (primary N) is 1. The van der Waals surface area contributed by atoms with E-state index in [1.54, 1.807) is 6.20 Å². The summed E-state index contributed by atoms with van der Waals surface area (Å²) >= 11 is 0. The van der Waals surface area contributed by atoms with Crippen molar-refractivity contribution in [3.05, 3.63) is 30.1 Å². The number of aliphatic hydroxyl groups excluding tert-OH is 1. The molecule has 0 aliphatic carbocycles. The molecular formula is C13H13N3O4. The number of carbonyl (C=O) groups is 1. The smallest absolute Gasteiger partial charge is 0.252 e. The number of aromatic nitrogens is 2. The van der Waals surface area contributed by atoms with Gasteiger partial charge in [-0.1, -0.05) is 0 Å². The fourth-order valence-corrected chi connectivity index (χ4v) is 2.02. The summed E-state index contributed by atoms with van der Waals surface area (Å²) in [5, 5.41) is 27.3. The Balaban J connectivity index is 0.000000704. The zero-order chi connectivity index (χ0) is 14.9. The highest BCUT2D eigenvalue weighted by atomic mass is 16.3. The summed E-state index contributed by atoms with van der Waals surface area (Å²) in [6.07, 6.45) is 2.94. The van der Waals surface area contributed by atoms with Gasteiger partial charge in [0, 0.05) is 36.3 Å². The molecule has 3 rings (SSSR count). The third kappa shape index (κ3) is 1.99. The highest BCUT2D eigenvalue weighted by Crippen LogP contribution is 2.34. The molecule has 0 unspecified atom stereocenters. The van der Waals surface area contributed by atoms with Crippen LogP contribution < -0.4 is 5.73 Å². The Morgan fingerprint density at radius 2 is 1.80 bits per heavy atom. The van der Waals surface area contributed by atoms with Crippen LogP contribution in [0.15, 0.2) is 24.5 Å². The highest BCUT2D eigenvalue weighted by Gasteiger charge is 2.13. The summed E-state index contributed by atoms with van der Waals surface area (Å²) in [6, 6.07) is 2.80. The molecule has 6 N–H and O–H groups in total. The van der Waals surface area contributed by atoms with Crippen molar-refractivity contribution in [1.29, 1.82) is 0 Å². The molecule has 0 atom stereocenters. The number of rotatable bonds is 1. The molecule has 0 aliphatic heterocycles. The van der Waals surface area contributed by atoms with Gasteiger partial charge in [-0.2, -0.15) is 0 Å². The fourth-order valence-electron chi connectivity index (χ4n) is 2.02. The Labute approximate surface area is 113 Å². The second-order valence-corrected chi connectivity index (χ2v) is 3.99. The van der Waals surface area contributed by atoms with Crippen molar-refractivity contribution in [2.24, 2.45) is 5.73 Å². The van der Waals surface area contributed by atoms with Crippen molar-refractivity contribution in [3.63, 3.8) is 0 Å².